The van der Waals surface area contributed by atoms with Crippen LogP contribution in [0.2, 0.25) is 0 Å². The maximum Gasteiger partial charge on any atom is 0.241 e. The van der Waals surface area contributed by atoms with E-state index in [0.29, 0.717) is 18.8 Å². The van der Waals surface area contributed by atoms with Gasteiger partial charge in [0.25, 0.3) is 0 Å². The van der Waals surface area contributed by atoms with Crippen molar-refractivity contribution in [1.82, 2.24) is 14.5 Å². The Labute approximate surface area is 189 Å². The topological polar surface area (TPSA) is 88.2 Å². The lowest BCUT2D eigenvalue weighted by molar-refractivity contribution is -0.134. The molecule has 172 valence electrons. The number of fused-ring (bicyclic) bond motifs is 1. The molecule has 0 saturated carbocycles. The molecule has 32 heavy (non-hydrogen) atoms. The summed E-state index contributed by atoms with van der Waals surface area (Å²) in [5.41, 5.74) is 2.50. The van der Waals surface area contributed by atoms with E-state index in [1.165, 1.54) is 30.4 Å². The highest BCUT2D eigenvalue weighted by molar-refractivity contribution is 7.89. The molecule has 0 radical (unpaired) electrons. The van der Waals surface area contributed by atoms with Gasteiger partial charge in [-0.25, -0.2) is 8.42 Å². The number of carbonyl (C=O) groups is 1. The van der Waals surface area contributed by atoms with Gasteiger partial charge in [0, 0.05) is 39.1 Å². The molecule has 1 saturated heterocycles. The number of methoxy groups -OCH3 is 1. The zero-order valence-electron chi connectivity index (χ0n) is 18.4. The molecule has 1 atom stereocenters. The summed E-state index contributed by atoms with van der Waals surface area (Å²) >= 11 is 0. The Hall–Kier alpha value is -2.62. The molecule has 0 aromatic heterocycles. The van der Waals surface area contributed by atoms with E-state index in [1.807, 2.05) is 6.07 Å². The summed E-state index contributed by atoms with van der Waals surface area (Å²) in [6, 6.07) is 11.6. The minimum absolute atomic E-state index is 0.0996. The zero-order chi connectivity index (χ0) is 22.7. The van der Waals surface area contributed by atoms with Crippen LogP contribution < -0.4 is 14.2 Å². The lowest BCUT2D eigenvalue weighted by Crippen LogP contribution is -2.53. The predicted octanol–water partition coefficient (Wildman–Crippen LogP) is 1.64. The van der Waals surface area contributed by atoms with Crippen molar-refractivity contribution >= 4 is 15.9 Å². The van der Waals surface area contributed by atoms with Gasteiger partial charge >= 0.3 is 0 Å². The van der Waals surface area contributed by atoms with Crippen molar-refractivity contribution in [2.45, 2.75) is 30.8 Å². The SMILES string of the molecule is COc1ccc(S(=O)(=O)N[C@@H](C)C(=O)N2CCN(Cc3ccc4c(c3)CCO4)CC2)cc1. The second-order valence-corrected chi connectivity index (χ2v) is 9.87. The lowest BCUT2D eigenvalue weighted by atomic mass is 10.1. The molecule has 9 heteroatoms. The maximum absolute atomic E-state index is 12.8. The molecule has 1 amide bonds. The molecule has 0 aliphatic carbocycles. The van der Waals surface area contributed by atoms with Gasteiger partial charge in [-0.3, -0.25) is 9.69 Å². The Bertz CT molecular complexity index is 1060. The number of piperazine rings is 1. The standard InChI is InChI=1S/C23H29N3O5S/c1-17(24-32(28,29)21-6-4-20(30-2)5-7-21)23(27)26-12-10-25(11-13-26)16-18-3-8-22-19(15-18)9-14-31-22/h3-8,15,17,24H,9-14,16H2,1-2H3/t17-/m0/s1. The summed E-state index contributed by atoms with van der Waals surface area (Å²) in [4.78, 5) is 17.0. The average Bonchev–Trinajstić information content (AvgIpc) is 3.27. The van der Waals surface area contributed by atoms with Gasteiger partial charge in [0.2, 0.25) is 15.9 Å². The first-order valence-corrected chi connectivity index (χ1v) is 12.3. The maximum atomic E-state index is 12.8. The number of sulfonamides is 1. The molecule has 0 spiro atoms. The highest BCUT2D eigenvalue weighted by Crippen LogP contribution is 2.26. The number of hydrogen-bond donors (Lipinski definition) is 1. The van der Waals surface area contributed by atoms with E-state index in [1.54, 1.807) is 24.0 Å². The van der Waals surface area contributed by atoms with Crippen LogP contribution in [0, 0.1) is 0 Å². The van der Waals surface area contributed by atoms with Crippen LogP contribution in [0.5, 0.6) is 11.5 Å². The molecule has 2 heterocycles. The van der Waals surface area contributed by atoms with Gasteiger partial charge in [-0.15, -0.1) is 0 Å². The van der Waals surface area contributed by atoms with Gasteiger partial charge in [-0.2, -0.15) is 4.72 Å². The molecule has 1 N–H and O–H groups in total. The van der Waals surface area contributed by atoms with Gasteiger partial charge in [0.15, 0.2) is 0 Å². The van der Waals surface area contributed by atoms with E-state index in [9.17, 15) is 13.2 Å². The van der Waals surface area contributed by atoms with Crippen LogP contribution in [0.1, 0.15) is 18.1 Å². The molecule has 0 unspecified atom stereocenters. The third-order valence-corrected chi connectivity index (χ3v) is 7.47. The number of amides is 1. The molecule has 4 rings (SSSR count). The van der Waals surface area contributed by atoms with Crippen molar-refractivity contribution in [3.63, 3.8) is 0 Å². The molecule has 8 nitrogen and oxygen atoms in total. The van der Waals surface area contributed by atoms with Gasteiger partial charge in [-0.1, -0.05) is 12.1 Å². The van der Waals surface area contributed by atoms with Gasteiger partial charge in [0.05, 0.1) is 24.7 Å². The first-order valence-electron chi connectivity index (χ1n) is 10.8. The summed E-state index contributed by atoms with van der Waals surface area (Å²) in [7, 11) is -2.28. The number of benzene rings is 2. The van der Waals surface area contributed by atoms with Crippen molar-refractivity contribution in [2.24, 2.45) is 0 Å². The normalized spacial score (nSPS) is 17.5. The molecule has 2 aromatic rings. The molecule has 2 aliphatic rings. The van der Waals surface area contributed by atoms with Crippen molar-refractivity contribution in [1.29, 1.82) is 0 Å². The molecule has 1 fully saturated rings. The van der Waals surface area contributed by atoms with Crippen LogP contribution >= 0.6 is 0 Å². The van der Waals surface area contributed by atoms with Crippen molar-refractivity contribution in [3.8, 4) is 11.5 Å². The first-order chi connectivity index (χ1) is 15.4. The second-order valence-electron chi connectivity index (χ2n) is 8.16. The smallest absolute Gasteiger partial charge is 0.241 e. The number of ether oxygens (including phenoxy) is 2. The van der Waals surface area contributed by atoms with E-state index in [-0.39, 0.29) is 10.8 Å². The summed E-state index contributed by atoms with van der Waals surface area (Å²) in [6.45, 7) is 5.80. The molecular formula is C23H29N3O5S. The molecule has 2 aromatic carbocycles. The Kier molecular flexibility index (Phi) is 6.68. The Morgan fingerprint density at radius 2 is 1.84 bits per heavy atom. The van der Waals surface area contributed by atoms with Crippen LogP contribution in [0.3, 0.4) is 0 Å². The van der Waals surface area contributed by atoms with Crippen LogP contribution in [0.15, 0.2) is 47.4 Å². The number of rotatable bonds is 7. The predicted molar refractivity (Wildman–Crippen MR) is 120 cm³/mol. The van der Waals surface area contributed by atoms with Crippen LogP contribution in [0.25, 0.3) is 0 Å². The highest BCUT2D eigenvalue weighted by Gasteiger charge is 2.28. The van der Waals surface area contributed by atoms with Crippen LogP contribution in [0.4, 0.5) is 0 Å². The summed E-state index contributed by atoms with van der Waals surface area (Å²) < 4.78 is 38.4. The van der Waals surface area contributed by atoms with Gasteiger partial charge < -0.3 is 14.4 Å². The fourth-order valence-electron chi connectivity index (χ4n) is 4.10. The molecule has 0 bridgehead atoms. The monoisotopic (exact) mass is 459 g/mol. The van der Waals surface area contributed by atoms with Crippen LogP contribution in [-0.4, -0.2) is 70.1 Å². The van der Waals surface area contributed by atoms with Gasteiger partial charge in [0.1, 0.15) is 11.5 Å². The van der Waals surface area contributed by atoms with E-state index < -0.39 is 16.1 Å². The fourth-order valence-corrected chi connectivity index (χ4v) is 5.30. The lowest BCUT2D eigenvalue weighted by Gasteiger charge is -2.36. The largest absolute Gasteiger partial charge is 0.497 e. The minimum Gasteiger partial charge on any atom is -0.497 e. The zero-order valence-corrected chi connectivity index (χ0v) is 19.2. The summed E-state index contributed by atoms with van der Waals surface area (Å²) in [5, 5.41) is 0. The number of carbonyl (C=O) groups excluding carboxylic acids is 1. The van der Waals surface area contributed by atoms with Crippen molar-refractivity contribution in [2.75, 3.05) is 39.9 Å². The van der Waals surface area contributed by atoms with Crippen molar-refractivity contribution < 1.29 is 22.7 Å². The molecular weight excluding hydrogens is 430 g/mol. The highest BCUT2D eigenvalue weighted by atomic mass is 32.2. The van der Waals surface area contributed by atoms with E-state index >= 15 is 0 Å². The van der Waals surface area contributed by atoms with E-state index in [2.05, 4.69) is 21.8 Å². The van der Waals surface area contributed by atoms with Crippen LogP contribution in [-0.2, 0) is 27.8 Å². The summed E-state index contributed by atoms with van der Waals surface area (Å²) in [5.74, 6) is 1.34. The van der Waals surface area contributed by atoms with E-state index in [0.717, 1.165) is 38.4 Å². The number of hydrogen-bond acceptors (Lipinski definition) is 6. The third kappa shape index (κ3) is 5.06. The second kappa shape index (κ2) is 9.48. The van der Waals surface area contributed by atoms with Crippen molar-refractivity contribution in [3.05, 3.63) is 53.6 Å². The average molecular weight is 460 g/mol. The third-order valence-electron chi connectivity index (χ3n) is 5.92. The number of nitrogens with zero attached hydrogens (tertiary/aromatic N) is 2. The Morgan fingerprint density at radius 1 is 1.12 bits per heavy atom. The number of nitrogens with one attached hydrogen (secondary N) is 1. The summed E-state index contributed by atoms with van der Waals surface area (Å²) in [6.07, 6.45) is 0.954. The Balaban J connectivity index is 1.29. The fraction of sp³-hybridized carbons (Fsp3) is 0.435. The van der Waals surface area contributed by atoms with E-state index in [4.69, 9.17) is 9.47 Å². The minimum atomic E-state index is -3.80. The van der Waals surface area contributed by atoms with Gasteiger partial charge in [-0.05, 0) is 48.4 Å². The first kappa shape index (κ1) is 22.6. The Morgan fingerprint density at radius 3 is 2.53 bits per heavy atom. The molecule has 2 aliphatic heterocycles. The quantitative estimate of drug-likeness (QED) is 0.677.